The Morgan fingerprint density at radius 2 is 1.67 bits per heavy atom. The van der Waals surface area contributed by atoms with Crippen LogP contribution in [-0.4, -0.2) is 49.7 Å². The van der Waals surface area contributed by atoms with E-state index in [1.807, 2.05) is 0 Å². The molecule has 0 fully saturated rings. The zero-order valence-corrected chi connectivity index (χ0v) is 15.8. The Balaban J connectivity index is 0.000000324. The maximum absolute atomic E-state index is 10.6. The molecule has 0 bridgehead atoms. The van der Waals surface area contributed by atoms with Gasteiger partial charge in [0.15, 0.2) is 0 Å². The number of aromatic amines is 1. The number of furan rings is 1. The van der Waals surface area contributed by atoms with Gasteiger partial charge in [-0.25, -0.2) is 14.6 Å². The average molecular weight is 479 g/mol. The molecule has 33 heavy (non-hydrogen) atoms. The lowest BCUT2D eigenvalue weighted by Crippen LogP contribution is -2.21. The first-order valence-corrected chi connectivity index (χ1v) is 8.02. The van der Waals surface area contributed by atoms with Gasteiger partial charge in [-0.1, -0.05) is 0 Å². The maximum Gasteiger partial charge on any atom is 0.490 e. The van der Waals surface area contributed by atoms with Crippen molar-refractivity contribution in [1.82, 2.24) is 15.2 Å². The van der Waals surface area contributed by atoms with E-state index in [2.05, 4.69) is 21.3 Å². The second-order valence-electron chi connectivity index (χ2n) is 5.50. The van der Waals surface area contributed by atoms with Crippen molar-refractivity contribution in [3.63, 3.8) is 0 Å². The predicted octanol–water partition coefficient (Wildman–Crippen LogP) is 3.45. The fourth-order valence-electron chi connectivity index (χ4n) is 1.85. The maximum atomic E-state index is 10.6. The highest BCUT2D eigenvalue weighted by molar-refractivity contribution is 5.77. The molecule has 0 aliphatic heterocycles. The quantitative estimate of drug-likeness (QED) is 0.401. The number of nitrogen functional groups attached to an aromatic ring is 1. The Hall–Kier alpha value is -4.55. The van der Waals surface area contributed by atoms with E-state index in [1.54, 1.807) is 36.9 Å². The molecule has 0 radical (unpaired) electrons. The summed E-state index contributed by atoms with van der Waals surface area (Å²) in [6.07, 6.45) is -5.27. The van der Waals surface area contributed by atoms with Crippen LogP contribution in [0.5, 0.6) is 0 Å². The Kier molecular flexibility index (Phi) is 8.55. The molecule has 10 nitrogen and oxygen atoms in total. The van der Waals surface area contributed by atoms with Crippen molar-refractivity contribution in [3.8, 4) is 28.7 Å². The van der Waals surface area contributed by atoms with Crippen molar-refractivity contribution in [2.75, 3.05) is 5.73 Å². The second kappa shape index (κ2) is 10.7. The zero-order valence-electron chi connectivity index (χ0n) is 15.8. The molecule has 0 unspecified atom stereocenters. The average Bonchev–Trinajstić information content (AvgIpc) is 3.41. The minimum Gasteiger partial charge on any atom is -0.475 e. The highest BCUT2D eigenvalue weighted by Gasteiger charge is 2.38. The minimum absolute atomic E-state index is 0.174. The van der Waals surface area contributed by atoms with Gasteiger partial charge in [0.2, 0.25) is 0 Å². The number of nitrogens with one attached hydrogen (secondary N) is 1. The van der Waals surface area contributed by atoms with Crippen molar-refractivity contribution in [2.24, 2.45) is 0 Å². The van der Waals surface area contributed by atoms with Crippen molar-refractivity contribution < 1.29 is 50.6 Å². The van der Waals surface area contributed by atoms with Crippen LogP contribution < -0.4 is 5.73 Å². The number of nitrogens with zero attached hydrogens (tertiary/aromatic N) is 3. The van der Waals surface area contributed by atoms with Gasteiger partial charge < -0.3 is 20.4 Å². The summed E-state index contributed by atoms with van der Waals surface area (Å²) >= 11 is 0. The first kappa shape index (κ1) is 26.5. The number of pyridine rings is 1. The third-order valence-corrected chi connectivity index (χ3v) is 3.22. The number of rotatable bonds is 2. The monoisotopic (exact) mass is 479 g/mol. The van der Waals surface area contributed by atoms with Crippen molar-refractivity contribution >= 4 is 17.8 Å². The lowest BCUT2D eigenvalue weighted by molar-refractivity contribution is -0.193. The number of anilines is 1. The fourth-order valence-corrected chi connectivity index (χ4v) is 1.85. The predicted molar refractivity (Wildman–Crippen MR) is 96.0 cm³/mol. The number of H-pyrrole nitrogens is 1. The van der Waals surface area contributed by atoms with Crippen LogP contribution in [0.2, 0.25) is 0 Å². The van der Waals surface area contributed by atoms with Gasteiger partial charge in [0.05, 0.1) is 18.2 Å². The molecule has 0 saturated heterocycles. The van der Waals surface area contributed by atoms with E-state index in [-0.39, 0.29) is 5.82 Å². The molecule has 0 saturated carbocycles. The van der Waals surface area contributed by atoms with Gasteiger partial charge in [-0.2, -0.15) is 36.7 Å². The third kappa shape index (κ3) is 7.90. The van der Waals surface area contributed by atoms with Crippen molar-refractivity contribution in [3.05, 3.63) is 42.4 Å². The van der Waals surface area contributed by atoms with E-state index in [9.17, 15) is 31.6 Å². The number of hydrogen-bond acceptors (Lipinski definition) is 7. The fraction of sp³-hybridized carbons (Fsp3) is 0.118. The topological polar surface area (TPSA) is 179 Å². The van der Waals surface area contributed by atoms with Gasteiger partial charge in [0.25, 0.3) is 0 Å². The summed E-state index contributed by atoms with van der Waals surface area (Å²) in [5.41, 5.74) is 8.20. The zero-order chi connectivity index (χ0) is 25.4. The van der Waals surface area contributed by atoms with E-state index in [1.165, 1.54) is 0 Å². The minimum atomic E-state index is -5.08. The van der Waals surface area contributed by atoms with E-state index in [0.717, 1.165) is 5.56 Å². The van der Waals surface area contributed by atoms with Gasteiger partial charge in [0.1, 0.15) is 23.2 Å². The summed E-state index contributed by atoms with van der Waals surface area (Å²) in [6.45, 7) is 0. The summed E-state index contributed by atoms with van der Waals surface area (Å²) in [5, 5.41) is 30.0. The molecular formula is C17H11F6N5O5. The Labute approximate surface area is 178 Å². The Morgan fingerprint density at radius 3 is 2.03 bits per heavy atom. The Bertz CT molecular complexity index is 1100. The molecule has 0 aliphatic rings. The summed E-state index contributed by atoms with van der Waals surface area (Å²) in [7, 11) is 0. The van der Waals surface area contributed by atoms with Crippen LogP contribution in [-0.2, 0) is 9.59 Å². The first-order chi connectivity index (χ1) is 15.2. The van der Waals surface area contributed by atoms with E-state index < -0.39 is 24.3 Å². The smallest absolute Gasteiger partial charge is 0.475 e. The number of aromatic nitrogens is 3. The van der Waals surface area contributed by atoms with Crippen molar-refractivity contribution in [1.29, 1.82) is 5.26 Å². The van der Waals surface area contributed by atoms with Crippen molar-refractivity contribution in [2.45, 2.75) is 12.4 Å². The lowest BCUT2D eigenvalue weighted by Gasteiger charge is -2.06. The Morgan fingerprint density at radius 1 is 1.12 bits per heavy atom. The van der Waals surface area contributed by atoms with Gasteiger partial charge in [-0.3, -0.25) is 5.10 Å². The molecule has 16 heteroatoms. The highest BCUT2D eigenvalue weighted by atomic mass is 19.4. The van der Waals surface area contributed by atoms with E-state index in [0.29, 0.717) is 22.6 Å². The summed E-state index contributed by atoms with van der Waals surface area (Å²) in [5.74, 6) is -4.76. The SMILES string of the molecule is N#Cc1c(-c2ccco2)cc(-c2cn[nH]c2)nc1N.O=C(O)C(F)(F)F.O=C(O)C(F)(F)F. The highest BCUT2D eigenvalue weighted by Crippen LogP contribution is 2.30. The molecule has 3 rings (SSSR count). The van der Waals surface area contributed by atoms with Crippen LogP contribution in [0.3, 0.4) is 0 Å². The molecule has 3 aromatic rings. The van der Waals surface area contributed by atoms with E-state index in [4.69, 9.17) is 30.0 Å². The molecule has 3 aromatic heterocycles. The van der Waals surface area contributed by atoms with E-state index >= 15 is 0 Å². The third-order valence-electron chi connectivity index (χ3n) is 3.22. The van der Waals surface area contributed by atoms with Crippen LogP contribution in [0.15, 0.2) is 41.3 Å². The molecular weight excluding hydrogens is 468 g/mol. The number of nitrogens with two attached hydrogens (primary N) is 1. The standard InChI is InChI=1S/C13H9N5O.2C2HF3O2/c14-5-10-9(12-2-1-3-19-12)4-11(18-13(10)15)8-6-16-17-7-8;2*3-2(4,5)1(6)7/h1-4,6-7H,(H2,15,18)(H,16,17);2*(H,6,7). The number of carboxylic acid groups (broad SMARTS) is 2. The van der Waals surface area contributed by atoms with Gasteiger partial charge in [-0.15, -0.1) is 0 Å². The van der Waals surface area contributed by atoms with Crippen LogP contribution >= 0.6 is 0 Å². The normalized spacial score (nSPS) is 10.7. The van der Waals surface area contributed by atoms with Crippen LogP contribution in [0.1, 0.15) is 5.56 Å². The number of carboxylic acids is 2. The number of carbonyl (C=O) groups is 2. The van der Waals surface area contributed by atoms with Gasteiger partial charge in [0, 0.05) is 17.3 Å². The molecule has 0 atom stereocenters. The largest absolute Gasteiger partial charge is 0.490 e. The second-order valence-corrected chi connectivity index (χ2v) is 5.50. The number of nitriles is 1. The molecule has 0 aromatic carbocycles. The lowest BCUT2D eigenvalue weighted by atomic mass is 10.0. The van der Waals surface area contributed by atoms with Crippen LogP contribution in [0.4, 0.5) is 32.2 Å². The molecule has 176 valence electrons. The first-order valence-electron chi connectivity index (χ1n) is 8.02. The summed E-state index contributed by atoms with van der Waals surface area (Å²) < 4.78 is 68.8. The molecule has 0 amide bonds. The number of halogens is 6. The molecule has 5 N–H and O–H groups in total. The summed E-state index contributed by atoms with van der Waals surface area (Å²) in [4.78, 5) is 22.0. The molecule has 0 spiro atoms. The van der Waals surface area contributed by atoms with Crippen LogP contribution in [0, 0.1) is 11.3 Å². The van der Waals surface area contributed by atoms with Gasteiger partial charge >= 0.3 is 24.3 Å². The van der Waals surface area contributed by atoms with Gasteiger partial charge in [-0.05, 0) is 18.2 Å². The number of aliphatic carboxylic acids is 2. The number of alkyl halides is 6. The number of hydrogen-bond donors (Lipinski definition) is 4. The summed E-state index contributed by atoms with van der Waals surface area (Å²) in [6, 6.07) is 7.34. The van der Waals surface area contributed by atoms with Crippen LogP contribution in [0.25, 0.3) is 22.6 Å². The molecule has 0 aliphatic carbocycles. The molecule has 3 heterocycles.